The van der Waals surface area contributed by atoms with Crippen LogP contribution in [-0.4, -0.2) is 11.4 Å². The van der Waals surface area contributed by atoms with Gasteiger partial charge in [0.25, 0.3) is 0 Å². The van der Waals surface area contributed by atoms with E-state index in [0.29, 0.717) is 0 Å². The molecule has 11 heavy (non-hydrogen) atoms. The van der Waals surface area contributed by atoms with E-state index in [1.54, 1.807) is 0 Å². The van der Waals surface area contributed by atoms with Crippen molar-refractivity contribution >= 4 is 11.6 Å². The second kappa shape index (κ2) is 4.46. The molecule has 0 aliphatic heterocycles. The number of carbonyl (C=O) groups excluding carboxylic acids is 1. The second-order valence-electron chi connectivity index (χ2n) is 2.05. The lowest BCUT2D eigenvalue weighted by molar-refractivity contribution is -0.114. The van der Waals surface area contributed by atoms with Crippen molar-refractivity contribution in [3.05, 3.63) is 30.3 Å². The molecule has 60 valence electrons. The Labute approximate surface area is 65.4 Å². The summed E-state index contributed by atoms with van der Waals surface area (Å²) < 4.78 is 0. The van der Waals surface area contributed by atoms with Crippen LogP contribution >= 0.6 is 0 Å². The van der Waals surface area contributed by atoms with Gasteiger partial charge in [0, 0.05) is 12.6 Å². The molecule has 0 heterocycles. The Bertz CT molecular complexity index is 221. The van der Waals surface area contributed by atoms with Gasteiger partial charge in [-0.1, -0.05) is 18.2 Å². The molecule has 3 nitrogen and oxygen atoms in total. The molecule has 1 amide bonds. The van der Waals surface area contributed by atoms with Crippen molar-refractivity contribution in [2.24, 2.45) is 0 Å². The van der Waals surface area contributed by atoms with E-state index in [0.717, 1.165) is 5.69 Å². The molecular formula is C8H11NO2. The van der Waals surface area contributed by atoms with Crippen molar-refractivity contribution in [1.82, 2.24) is 0 Å². The first-order valence-corrected chi connectivity index (χ1v) is 3.11. The molecule has 0 aromatic heterocycles. The van der Waals surface area contributed by atoms with Gasteiger partial charge in [-0.05, 0) is 12.1 Å². The Morgan fingerprint density at radius 2 is 1.82 bits per heavy atom. The Kier molecular flexibility index (Phi) is 3.92. The van der Waals surface area contributed by atoms with Gasteiger partial charge in [-0.2, -0.15) is 0 Å². The van der Waals surface area contributed by atoms with Crippen molar-refractivity contribution < 1.29 is 10.3 Å². The minimum absolute atomic E-state index is 0. The van der Waals surface area contributed by atoms with Gasteiger partial charge in [-0.25, -0.2) is 0 Å². The van der Waals surface area contributed by atoms with Crippen molar-refractivity contribution in [1.29, 1.82) is 0 Å². The lowest BCUT2D eigenvalue weighted by Gasteiger charge is -1.98. The monoisotopic (exact) mass is 153 g/mol. The molecule has 3 heteroatoms. The Morgan fingerprint density at radius 1 is 1.27 bits per heavy atom. The molecule has 0 radical (unpaired) electrons. The van der Waals surface area contributed by atoms with Crippen LogP contribution in [0.5, 0.6) is 0 Å². The highest BCUT2D eigenvalue weighted by Crippen LogP contribution is 2.03. The number of hydrogen-bond donors (Lipinski definition) is 1. The molecule has 0 aliphatic rings. The molecular weight excluding hydrogens is 142 g/mol. The van der Waals surface area contributed by atoms with Crippen LogP contribution < -0.4 is 5.32 Å². The third-order valence-corrected chi connectivity index (χ3v) is 1.09. The van der Waals surface area contributed by atoms with E-state index in [2.05, 4.69) is 5.32 Å². The topological polar surface area (TPSA) is 60.6 Å². The Hall–Kier alpha value is -1.35. The summed E-state index contributed by atoms with van der Waals surface area (Å²) in [6.07, 6.45) is 0. The van der Waals surface area contributed by atoms with E-state index >= 15 is 0 Å². The maximum atomic E-state index is 10.5. The van der Waals surface area contributed by atoms with Gasteiger partial charge in [0.15, 0.2) is 0 Å². The van der Waals surface area contributed by atoms with Crippen LogP contribution in [0, 0.1) is 0 Å². The third-order valence-electron chi connectivity index (χ3n) is 1.09. The maximum Gasteiger partial charge on any atom is 0.221 e. The summed E-state index contributed by atoms with van der Waals surface area (Å²) in [4.78, 5) is 10.5. The van der Waals surface area contributed by atoms with E-state index in [9.17, 15) is 4.79 Å². The van der Waals surface area contributed by atoms with Crippen LogP contribution in [0.2, 0.25) is 0 Å². The Balaban J connectivity index is 0.000001000. The summed E-state index contributed by atoms with van der Waals surface area (Å²) in [5.74, 6) is -0.0359. The number of carbonyl (C=O) groups is 1. The molecule has 0 unspecified atom stereocenters. The SMILES string of the molecule is CC(=O)Nc1ccccc1.O. The molecule has 1 aromatic rings. The average Bonchev–Trinajstić information content (AvgIpc) is 1.88. The van der Waals surface area contributed by atoms with Gasteiger partial charge in [-0.3, -0.25) is 4.79 Å². The van der Waals surface area contributed by atoms with E-state index in [1.165, 1.54) is 6.92 Å². The fourth-order valence-corrected chi connectivity index (χ4v) is 0.725. The molecule has 1 rings (SSSR count). The molecule has 3 N–H and O–H groups in total. The molecule has 0 aliphatic carbocycles. The fraction of sp³-hybridized carbons (Fsp3) is 0.125. The van der Waals surface area contributed by atoms with E-state index in [-0.39, 0.29) is 11.4 Å². The van der Waals surface area contributed by atoms with Crippen molar-refractivity contribution in [2.45, 2.75) is 6.92 Å². The first-order valence-electron chi connectivity index (χ1n) is 3.11. The van der Waals surface area contributed by atoms with E-state index in [4.69, 9.17) is 0 Å². The van der Waals surface area contributed by atoms with Gasteiger partial charge in [0.1, 0.15) is 0 Å². The van der Waals surface area contributed by atoms with Crippen LogP contribution in [-0.2, 0) is 4.79 Å². The highest BCUT2D eigenvalue weighted by atomic mass is 16.1. The Morgan fingerprint density at radius 3 is 2.27 bits per heavy atom. The molecule has 0 spiro atoms. The first kappa shape index (κ1) is 9.65. The van der Waals surface area contributed by atoms with Crippen LogP contribution in [0.1, 0.15) is 6.92 Å². The predicted octanol–water partition coefficient (Wildman–Crippen LogP) is 0.820. The largest absolute Gasteiger partial charge is 0.412 e. The van der Waals surface area contributed by atoms with Gasteiger partial charge in [0.2, 0.25) is 5.91 Å². The van der Waals surface area contributed by atoms with Crippen LogP contribution in [0.25, 0.3) is 0 Å². The number of amides is 1. The highest BCUT2D eigenvalue weighted by molar-refractivity contribution is 5.88. The predicted molar refractivity (Wildman–Crippen MR) is 44.4 cm³/mol. The van der Waals surface area contributed by atoms with Crippen molar-refractivity contribution in [3.8, 4) is 0 Å². The quantitative estimate of drug-likeness (QED) is 0.638. The zero-order valence-corrected chi connectivity index (χ0v) is 6.29. The van der Waals surface area contributed by atoms with Crippen LogP contribution in [0.15, 0.2) is 30.3 Å². The first-order chi connectivity index (χ1) is 4.79. The summed E-state index contributed by atoms with van der Waals surface area (Å²) in [5, 5.41) is 2.67. The number of anilines is 1. The molecule has 0 saturated heterocycles. The summed E-state index contributed by atoms with van der Waals surface area (Å²) in [5.41, 5.74) is 0.843. The van der Waals surface area contributed by atoms with Gasteiger partial charge in [-0.15, -0.1) is 0 Å². The molecule has 0 fully saturated rings. The number of hydrogen-bond acceptors (Lipinski definition) is 1. The van der Waals surface area contributed by atoms with E-state index in [1.807, 2.05) is 30.3 Å². The second-order valence-corrected chi connectivity index (χ2v) is 2.05. The van der Waals surface area contributed by atoms with Crippen LogP contribution in [0.4, 0.5) is 5.69 Å². The molecule has 0 bridgehead atoms. The van der Waals surface area contributed by atoms with Crippen molar-refractivity contribution in [3.63, 3.8) is 0 Å². The lowest BCUT2D eigenvalue weighted by atomic mass is 10.3. The van der Waals surface area contributed by atoms with Crippen molar-refractivity contribution in [2.75, 3.05) is 5.32 Å². The average molecular weight is 153 g/mol. The molecule has 1 aromatic carbocycles. The third kappa shape index (κ3) is 3.37. The number of para-hydroxylation sites is 1. The van der Waals surface area contributed by atoms with E-state index < -0.39 is 0 Å². The zero-order valence-electron chi connectivity index (χ0n) is 6.29. The highest BCUT2D eigenvalue weighted by Gasteiger charge is 1.90. The summed E-state index contributed by atoms with van der Waals surface area (Å²) in [6.45, 7) is 1.49. The smallest absolute Gasteiger partial charge is 0.221 e. The summed E-state index contributed by atoms with van der Waals surface area (Å²) in [7, 11) is 0. The summed E-state index contributed by atoms with van der Waals surface area (Å²) >= 11 is 0. The van der Waals surface area contributed by atoms with Gasteiger partial charge in [0.05, 0.1) is 0 Å². The lowest BCUT2D eigenvalue weighted by Crippen LogP contribution is -2.04. The number of nitrogens with one attached hydrogen (secondary N) is 1. The molecule has 0 saturated carbocycles. The maximum absolute atomic E-state index is 10.5. The molecule has 0 atom stereocenters. The van der Waals surface area contributed by atoms with Crippen LogP contribution in [0.3, 0.4) is 0 Å². The zero-order chi connectivity index (χ0) is 7.40. The fourth-order valence-electron chi connectivity index (χ4n) is 0.725. The summed E-state index contributed by atoms with van der Waals surface area (Å²) in [6, 6.07) is 9.37. The minimum atomic E-state index is -0.0359. The normalized spacial score (nSPS) is 8.09. The van der Waals surface area contributed by atoms with Gasteiger partial charge < -0.3 is 10.8 Å². The minimum Gasteiger partial charge on any atom is -0.412 e. The number of rotatable bonds is 1. The van der Waals surface area contributed by atoms with Gasteiger partial charge >= 0.3 is 0 Å². The number of benzene rings is 1. The standard InChI is InChI=1S/C8H9NO.H2O/c1-7(10)9-8-5-3-2-4-6-8;/h2-6H,1H3,(H,9,10);1H2.